The molecule has 2 N–H and O–H groups in total. The van der Waals surface area contributed by atoms with Crippen molar-refractivity contribution in [1.29, 1.82) is 0 Å². The largest absolute Gasteiger partial charge is 0.493 e. The van der Waals surface area contributed by atoms with Gasteiger partial charge >= 0.3 is 0 Å². The molecule has 0 fully saturated rings. The Morgan fingerprint density at radius 2 is 1.65 bits per heavy atom. The minimum Gasteiger partial charge on any atom is -0.493 e. The molecule has 26 heavy (non-hydrogen) atoms. The van der Waals surface area contributed by atoms with E-state index >= 15 is 0 Å². The Morgan fingerprint density at radius 3 is 2.19 bits per heavy atom. The van der Waals surface area contributed by atoms with Gasteiger partial charge in [0.15, 0.2) is 16.6 Å². The third-order valence-electron chi connectivity index (χ3n) is 3.39. The van der Waals surface area contributed by atoms with E-state index in [0.717, 1.165) is 23.0 Å². The second-order valence-corrected chi connectivity index (χ2v) is 7.11. The number of halogens is 1. The number of benzene rings is 2. The van der Waals surface area contributed by atoms with Crippen LogP contribution < -0.4 is 24.8 Å². The van der Waals surface area contributed by atoms with Crippen LogP contribution >= 0.6 is 35.6 Å². The number of rotatable bonds is 8. The molecule has 0 unspecified atom stereocenters. The van der Waals surface area contributed by atoms with Gasteiger partial charge in [-0.2, -0.15) is 0 Å². The Bertz CT molecular complexity index is 717. The van der Waals surface area contributed by atoms with Gasteiger partial charge in [-0.15, -0.1) is 11.8 Å². The van der Waals surface area contributed by atoms with Gasteiger partial charge in [-0.3, -0.25) is 0 Å². The fourth-order valence-electron chi connectivity index (χ4n) is 2.19. The van der Waals surface area contributed by atoms with Crippen molar-refractivity contribution in [3.8, 4) is 17.2 Å². The molecule has 0 aliphatic heterocycles. The molecule has 0 aliphatic rings. The number of hydrogen-bond acceptors (Lipinski definition) is 5. The Hall–Kier alpha value is -1.83. The summed E-state index contributed by atoms with van der Waals surface area (Å²) >= 11 is 13.0. The van der Waals surface area contributed by atoms with Gasteiger partial charge in [-0.05, 0) is 36.5 Å². The zero-order valence-corrected chi connectivity index (χ0v) is 17.2. The maximum Gasteiger partial charge on any atom is 0.203 e. The third-order valence-corrected chi connectivity index (χ3v) is 4.90. The van der Waals surface area contributed by atoms with E-state index in [0.29, 0.717) is 22.4 Å². The molecule has 140 valence electrons. The summed E-state index contributed by atoms with van der Waals surface area (Å²) in [5.74, 6) is 2.54. The fourth-order valence-corrected chi connectivity index (χ4v) is 3.31. The number of ether oxygens (including phenoxy) is 3. The molecule has 0 aliphatic carbocycles. The molecule has 2 aromatic carbocycles. The molecule has 0 atom stereocenters. The highest BCUT2D eigenvalue weighted by molar-refractivity contribution is 7.99. The molecule has 0 saturated carbocycles. The standard InChI is InChI=1S/C18H21ClN2O3S2/c1-22-15-10-13(11-16(23-2)17(15)24-3)21-18(25)20-8-9-26-14-6-4-12(19)5-7-14/h4-7,10-11H,8-9H2,1-3H3,(H2,20,21,25). The Kier molecular flexibility index (Phi) is 8.15. The number of anilines is 1. The van der Waals surface area contributed by atoms with Crippen LogP contribution in [0.25, 0.3) is 0 Å². The van der Waals surface area contributed by atoms with E-state index in [-0.39, 0.29) is 0 Å². The predicted molar refractivity (Wildman–Crippen MR) is 112 cm³/mol. The van der Waals surface area contributed by atoms with Crippen LogP contribution in [0.1, 0.15) is 0 Å². The molecule has 2 rings (SSSR count). The number of thiocarbonyl (C=S) groups is 1. The highest BCUT2D eigenvalue weighted by Gasteiger charge is 2.13. The van der Waals surface area contributed by atoms with E-state index < -0.39 is 0 Å². The van der Waals surface area contributed by atoms with Crippen molar-refractivity contribution < 1.29 is 14.2 Å². The first-order valence-electron chi connectivity index (χ1n) is 7.80. The van der Waals surface area contributed by atoms with Gasteiger partial charge in [-0.25, -0.2) is 0 Å². The van der Waals surface area contributed by atoms with Gasteiger partial charge in [0.2, 0.25) is 5.75 Å². The van der Waals surface area contributed by atoms with E-state index in [2.05, 4.69) is 10.6 Å². The van der Waals surface area contributed by atoms with E-state index in [9.17, 15) is 0 Å². The topological polar surface area (TPSA) is 51.8 Å². The first-order chi connectivity index (χ1) is 12.6. The molecule has 5 nitrogen and oxygen atoms in total. The van der Waals surface area contributed by atoms with Crippen molar-refractivity contribution in [2.75, 3.05) is 38.9 Å². The van der Waals surface area contributed by atoms with Crippen molar-refractivity contribution in [3.63, 3.8) is 0 Å². The average molecular weight is 413 g/mol. The molecule has 2 aromatic rings. The molecule has 0 bridgehead atoms. The van der Waals surface area contributed by atoms with Gasteiger partial charge in [-0.1, -0.05) is 11.6 Å². The second kappa shape index (κ2) is 10.4. The van der Waals surface area contributed by atoms with Crippen molar-refractivity contribution in [1.82, 2.24) is 5.32 Å². The molecule has 0 spiro atoms. The highest BCUT2D eigenvalue weighted by atomic mass is 35.5. The summed E-state index contributed by atoms with van der Waals surface area (Å²) in [5.41, 5.74) is 0.752. The van der Waals surface area contributed by atoms with Crippen molar-refractivity contribution in [3.05, 3.63) is 41.4 Å². The number of hydrogen-bond donors (Lipinski definition) is 2. The zero-order valence-electron chi connectivity index (χ0n) is 14.8. The summed E-state index contributed by atoms with van der Waals surface area (Å²) in [4.78, 5) is 1.17. The van der Waals surface area contributed by atoms with Crippen molar-refractivity contribution in [2.45, 2.75) is 4.90 Å². The lowest BCUT2D eigenvalue weighted by molar-refractivity contribution is 0.324. The quantitative estimate of drug-likeness (QED) is 0.377. The van der Waals surface area contributed by atoms with Crippen molar-refractivity contribution >= 4 is 46.4 Å². The lowest BCUT2D eigenvalue weighted by Gasteiger charge is -2.16. The Balaban J connectivity index is 1.86. The normalized spacial score (nSPS) is 10.2. The van der Waals surface area contributed by atoms with Crippen LogP contribution in [0.3, 0.4) is 0 Å². The van der Waals surface area contributed by atoms with Crippen LogP contribution in [0.15, 0.2) is 41.3 Å². The lowest BCUT2D eigenvalue weighted by atomic mass is 10.2. The van der Waals surface area contributed by atoms with Crippen LogP contribution in [0.4, 0.5) is 5.69 Å². The molecule has 0 heterocycles. The van der Waals surface area contributed by atoms with E-state index in [1.165, 1.54) is 4.90 Å². The molecule has 0 saturated heterocycles. The summed E-state index contributed by atoms with van der Waals surface area (Å²) in [6.45, 7) is 0.726. The minimum absolute atomic E-state index is 0.524. The molecule has 0 radical (unpaired) electrons. The van der Waals surface area contributed by atoms with Gasteiger partial charge in [0, 0.05) is 40.0 Å². The minimum atomic E-state index is 0.524. The van der Waals surface area contributed by atoms with Gasteiger partial charge in [0.1, 0.15) is 0 Å². The first kappa shape index (κ1) is 20.5. The molecule has 8 heteroatoms. The fraction of sp³-hybridized carbons (Fsp3) is 0.278. The predicted octanol–water partition coefficient (Wildman–Crippen LogP) is 4.44. The van der Waals surface area contributed by atoms with E-state index in [1.807, 2.05) is 24.3 Å². The number of thioether (sulfide) groups is 1. The molecule has 0 aromatic heterocycles. The molecule has 0 amide bonds. The number of methoxy groups -OCH3 is 3. The second-order valence-electron chi connectivity index (χ2n) is 5.10. The maximum atomic E-state index is 5.88. The molecular weight excluding hydrogens is 392 g/mol. The smallest absolute Gasteiger partial charge is 0.203 e. The molecular formula is C18H21ClN2O3S2. The summed E-state index contributed by atoms with van der Waals surface area (Å²) in [5, 5.41) is 7.57. The highest BCUT2D eigenvalue weighted by Crippen LogP contribution is 2.39. The summed E-state index contributed by atoms with van der Waals surface area (Å²) in [6, 6.07) is 11.4. The summed E-state index contributed by atoms with van der Waals surface area (Å²) < 4.78 is 16.0. The summed E-state index contributed by atoms with van der Waals surface area (Å²) in [7, 11) is 4.72. The van der Waals surface area contributed by atoms with Crippen LogP contribution in [0.5, 0.6) is 17.2 Å². The number of nitrogens with one attached hydrogen (secondary N) is 2. The first-order valence-corrected chi connectivity index (χ1v) is 9.57. The zero-order chi connectivity index (χ0) is 18.9. The maximum absolute atomic E-state index is 5.88. The van der Waals surface area contributed by atoms with E-state index in [4.69, 9.17) is 38.0 Å². The van der Waals surface area contributed by atoms with Gasteiger partial charge in [0.25, 0.3) is 0 Å². The van der Waals surface area contributed by atoms with Crippen LogP contribution in [0.2, 0.25) is 5.02 Å². The van der Waals surface area contributed by atoms with Crippen LogP contribution in [0, 0.1) is 0 Å². The monoisotopic (exact) mass is 412 g/mol. The third kappa shape index (κ3) is 5.86. The van der Waals surface area contributed by atoms with Crippen LogP contribution in [-0.4, -0.2) is 38.7 Å². The summed E-state index contributed by atoms with van der Waals surface area (Å²) in [6.07, 6.45) is 0. The van der Waals surface area contributed by atoms with Gasteiger partial charge in [0.05, 0.1) is 21.3 Å². The Morgan fingerprint density at radius 1 is 1.04 bits per heavy atom. The SMILES string of the molecule is COc1cc(NC(=S)NCCSc2ccc(Cl)cc2)cc(OC)c1OC. The van der Waals surface area contributed by atoms with Gasteiger partial charge < -0.3 is 24.8 Å². The van der Waals surface area contributed by atoms with Crippen LogP contribution in [-0.2, 0) is 0 Å². The lowest BCUT2D eigenvalue weighted by Crippen LogP contribution is -2.30. The average Bonchev–Trinajstić information content (AvgIpc) is 2.65. The Labute approximate surface area is 168 Å². The van der Waals surface area contributed by atoms with E-state index in [1.54, 1.807) is 45.2 Å². The van der Waals surface area contributed by atoms with Crippen molar-refractivity contribution in [2.24, 2.45) is 0 Å².